The molecule has 110 valence electrons. The lowest BCUT2D eigenvalue weighted by molar-refractivity contribution is -0.139. The molecule has 1 N–H and O–H groups in total. The Morgan fingerprint density at radius 3 is 2.53 bits per heavy atom. The fraction of sp³-hybridized carbons (Fsp3) is 0.933. The number of likely N-dealkylation sites (tertiary alicyclic amines) is 1. The quantitative estimate of drug-likeness (QED) is 0.833. The van der Waals surface area contributed by atoms with E-state index in [9.17, 15) is 4.79 Å². The molecule has 1 aliphatic heterocycles. The molecule has 1 atom stereocenters. The number of carboxylic acids is 1. The molecular weight excluding hydrogens is 242 g/mol. The number of hydrogen-bond acceptors (Lipinski definition) is 3. The van der Waals surface area contributed by atoms with Gasteiger partial charge in [-0.3, -0.25) is 9.69 Å². The fourth-order valence-electron chi connectivity index (χ4n) is 3.65. The largest absolute Gasteiger partial charge is 0.481 e. The molecule has 0 aromatic carbocycles. The Balaban J connectivity index is 1.72. The van der Waals surface area contributed by atoms with Crippen molar-refractivity contribution >= 4 is 5.97 Å². The Bertz CT molecular complexity index is 309. The smallest absolute Gasteiger partial charge is 0.305 e. The predicted molar refractivity (Wildman–Crippen MR) is 74.2 cm³/mol. The maximum Gasteiger partial charge on any atom is 0.305 e. The van der Waals surface area contributed by atoms with Crippen LogP contribution in [0.15, 0.2) is 0 Å². The van der Waals surface area contributed by atoms with Gasteiger partial charge in [0.25, 0.3) is 0 Å². The van der Waals surface area contributed by atoms with E-state index >= 15 is 0 Å². The molecule has 0 radical (unpaired) electrons. The summed E-state index contributed by atoms with van der Waals surface area (Å²) in [5, 5.41) is 8.60. The fourth-order valence-corrected chi connectivity index (χ4v) is 3.65. The van der Waals surface area contributed by atoms with Gasteiger partial charge < -0.3 is 9.84 Å². The van der Waals surface area contributed by atoms with Gasteiger partial charge in [0.2, 0.25) is 0 Å². The summed E-state index contributed by atoms with van der Waals surface area (Å²) in [6, 6.07) is 0.729. The molecule has 2 aliphatic rings. The van der Waals surface area contributed by atoms with E-state index in [1.165, 1.54) is 19.3 Å². The number of hydrogen-bond donors (Lipinski definition) is 1. The van der Waals surface area contributed by atoms with Gasteiger partial charge in [0, 0.05) is 19.1 Å². The first-order valence-corrected chi connectivity index (χ1v) is 7.56. The topological polar surface area (TPSA) is 49.8 Å². The highest BCUT2D eigenvalue weighted by Gasteiger charge is 2.39. The van der Waals surface area contributed by atoms with Crippen LogP contribution < -0.4 is 0 Å². The van der Waals surface area contributed by atoms with E-state index in [-0.39, 0.29) is 12.5 Å². The number of nitrogens with zero attached hydrogens (tertiary/aromatic N) is 1. The van der Waals surface area contributed by atoms with Crippen LogP contribution in [0.25, 0.3) is 0 Å². The Morgan fingerprint density at radius 2 is 2.00 bits per heavy atom. The third-order valence-corrected chi connectivity index (χ3v) is 4.79. The Kier molecular flexibility index (Phi) is 4.85. The van der Waals surface area contributed by atoms with Gasteiger partial charge in [-0.15, -0.1) is 0 Å². The average Bonchev–Trinajstić information content (AvgIpc) is 2.69. The lowest BCUT2D eigenvalue weighted by Gasteiger charge is -2.41. The average molecular weight is 269 g/mol. The normalized spacial score (nSPS) is 28.6. The first-order valence-electron chi connectivity index (χ1n) is 7.56. The lowest BCUT2D eigenvalue weighted by atomic mass is 9.85. The number of carboxylic acid groups (broad SMARTS) is 1. The van der Waals surface area contributed by atoms with Crippen molar-refractivity contribution in [1.82, 2.24) is 4.90 Å². The summed E-state index contributed by atoms with van der Waals surface area (Å²) in [5.74, 6) is -0.773. The van der Waals surface area contributed by atoms with Crippen molar-refractivity contribution in [1.29, 1.82) is 0 Å². The van der Waals surface area contributed by atoms with Crippen LogP contribution in [0.4, 0.5) is 0 Å². The molecule has 2 rings (SSSR count). The van der Waals surface area contributed by atoms with E-state index in [1.807, 2.05) is 0 Å². The Morgan fingerprint density at radius 1 is 1.32 bits per heavy atom. The van der Waals surface area contributed by atoms with E-state index in [2.05, 4.69) is 18.7 Å². The van der Waals surface area contributed by atoms with E-state index in [1.54, 1.807) is 0 Å². The summed E-state index contributed by atoms with van der Waals surface area (Å²) in [4.78, 5) is 13.1. The molecule has 1 saturated carbocycles. The van der Waals surface area contributed by atoms with E-state index in [4.69, 9.17) is 9.84 Å². The van der Waals surface area contributed by atoms with E-state index in [0.29, 0.717) is 12.0 Å². The number of rotatable bonds is 5. The first-order chi connectivity index (χ1) is 8.99. The number of ether oxygens (including phenoxy) is 1. The molecule has 0 aromatic heterocycles. The molecular formula is C15H27NO3. The number of aliphatic carboxylic acids is 1. The van der Waals surface area contributed by atoms with E-state index in [0.717, 1.165) is 32.0 Å². The highest BCUT2D eigenvalue weighted by Crippen LogP contribution is 2.41. The SMILES string of the molecule is CC1(C)CCCC1N1CCC(OCCC(=O)O)CC1. The highest BCUT2D eigenvalue weighted by molar-refractivity contribution is 5.66. The van der Waals surface area contributed by atoms with Crippen molar-refractivity contribution in [3.63, 3.8) is 0 Å². The zero-order valence-corrected chi connectivity index (χ0v) is 12.2. The molecule has 1 unspecified atom stereocenters. The van der Waals surface area contributed by atoms with Crippen molar-refractivity contribution in [2.75, 3.05) is 19.7 Å². The van der Waals surface area contributed by atoms with Crippen molar-refractivity contribution in [3.8, 4) is 0 Å². The summed E-state index contributed by atoms with van der Waals surface area (Å²) in [6.45, 7) is 7.34. The summed E-state index contributed by atoms with van der Waals surface area (Å²) in [7, 11) is 0. The van der Waals surface area contributed by atoms with Crippen LogP contribution in [-0.4, -0.2) is 47.8 Å². The minimum Gasteiger partial charge on any atom is -0.481 e. The van der Waals surface area contributed by atoms with Crippen molar-refractivity contribution in [2.24, 2.45) is 5.41 Å². The molecule has 4 heteroatoms. The van der Waals surface area contributed by atoms with Crippen LogP contribution in [-0.2, 0) is 9.53 Å². The summed E-state index contributed by atoms with van der Waals surface area (Å²) in [5.41, 5.74) is 0.455. The van der Waals surface area contributed by atoms with Gasteiger partial charge in [-0.05, 0) is 31.1 Å². The molecule has 0 bridgehead atoms. The van der Waals surface area contributed by atoms with Crippen LogP contribution in [0, 0.1) is 5.41 Å². The summed E-state index contributed by atoms with van der Waals surface area (Å²) >= 11 is 0. The van der Waals surface area contributed by atoms with Gasteiger partial charge in [0.1, 0.15) is 0 Å². The minimum absolute atomic E-state index is 0.121. The van der Waals surface area contributed by atoms with Crippen molar-refractivity contribution in [2.45, 2.75) is 64.5 Å². The van der Waals surface area contributed by atoms with Crippen LogP contribution in [0.2, 0.25) is 0 Å². The molecule has 1 heterocycles. The third kappa shape index (κ3) is 3.93. The van der Waals surface area contributed by atoms with Gasteiger partial charge >= 0.3 is 5.97 Å². The van der Waals surface area contributed by atoms with Crippen molar-refractivity contribution in [3.05, 3.63) is 0 Å². The molecule has 2 fully saturated rings. The second kappa shape index (κ2) is 6.23. The van der Waals surface area contributed by atoms with Gasteiger partial charge in [-0.1, -0.05) is 20.3 Å². The molecule has 0 aromatic rings. The third-order valence-electron chi connectivity index (χ3n) is 4.79. The highest BCUT2D eigenvalue weighted by atomic mass is 16.5. The monoisotopic (exact) mass is 269 g/mol. The second-order valence-corrected chi connectivity index (χ2v) is 6.65. The van der Waals surface area contributed by atoms with Gasteiger partial charge in [-0.25, -0.2) is 0 Å². The van der Waals surface area contributed by atoms with Crippen LogP contribution >= 0.6 is 0 Å². The molecule has 0 spiro atoms. The van der Waals surface area contributed by atoms with Crippen LogP contribution in [0.1, 0.15) is 52.4 Å². The molecule has 1 aliphatic carbocycles. The van der Waals surface area contributed by atoms with Crippen LogP contribution in [0.3, 0.4) is 0 Å². The Hall–Kier alpha value is -0.610. The maximum atomic E-state index is 10.5. The number of carbonyl (C=O) groups is 1. The zero-order chi connectivity index (χ0) is 13.9. The van der Waals surface area contributed by atoms with E-state index < -0.39 is 5.97 Å². The van der Waals surface area contributed by atoms with Gasteiger partial charge in [0.05, 0.1) is 19.1 Å². The minimum atomic E-state index is -0.773. The maximum absolute atomic E-state index is 10.5. The first kappa shape index (κ1) is 14.8. The standard InChI is InChI=1S/C15H27NO3/c1-15(2)8-3-4-13(15)16-9-5-12(6-10-16)19-11-7-14(17)18/h12-13H,3-11H2,1-2H3,(H,17,18). The van der Waals surface area contributed by atoms with Crippen LogP contribution in [0.5, 0.6) is 0 Å². The second-order valence-electron chi connectivity index (χ2n) is 6.65. The zero-order valence-electron chi connectivity index (χ0n) is 12.2. The number of piperidine rings is 1. The molecule has 19 heavy (non-hydrogen) atoms. The summed E-state index contributed by atoms with van der Waals surface area (Å²) < 4.78 is 5.65. The van der Waals surface area contributed by atoms with Gasteiger partial charge in [0.15, 0.2) is 0 Å². The Labute approximate surface area is 116 Å². The summed E-state index contributed by atoms with van der Waals surface area (Å²) in [6.07, 6.45) is 6.51. The lowest BCUT2D eigenvalue weighted by Crippen LogP contribution is -2.47. The molecule has 4 nitrogen and oxygen atoms in total. The predicted octanol–water partition coefficient (Wildman–Crippen LogP) is 2.52. The molecule has 0 amide bonds. The van der Waals surface area contributed by atoms with Crippen molar-refractivity contribution < 1.29 is 14.6 Å². The molecule has 1 saturated heterocycles. The van der Waals surface area contributed by atoms with Gasteiger partial charge in [-0.2, -0.15) is 0 Å².